The summed E-state index contributed by atoms with van der Waals surface area (Å²) in [7, 11) is 1.81. The standard InChI is InChI=1S/C17H22N4O3/c1-12-6-3-4-8-14(12)20(2)15(22)11-21-17(23)24-16(19-21)13-7-5-9-18-10-13/h5,7,9-10,12,14H,3-4,6,8,11H2,1-2H3. The molecule has 128 valence electrons. The Bertz CT molecular complexity index is 753. The van der Waals surface area contributed by atoms with Gasteiger partial charge in [-0.2, -0.15) is 4.68 Å². The van der Waals surface area contributed by atoms with Gasteiger partial charge in [-0.1, -0.05) is 19.8 Å². The average molecular weight is 330 g/mol. The van der Waals surface area contributed by atoms with Crippen LogP contribution < -0.4 is 5.76 Å². The third-order valence-corrected chi connectivity index (χ3v) is 4.76. The van der Waals surface area contributed by atoms with Crippen LogP contribution in [0.3, 0.4) is 0 Å². The zero-order valence-electron chi connectivity index (χ0n) is 14.0. The van der Waals surface area contributed by atoms with E-state index in [0.717, 1.165) is 23.9 Å². The molecule has 0 N–H and O–H groups in total. The van der Waals surface area contributed by atoms with Crippen molar-refractivity contribution in [3.8, 4) is 11.5 Å². The molecule has 0 aromatic carbocycles. The lowest BCUT2D eigenvalue weighted by molar-refractivity contribution is -0.134. The van der Waals surface area contributed by atoms with E-state index in [1.807, 2.05) is 7.05 Å². The van der Waals surface area contributed by atoms with Gasteiger partial charge in [-0.15, -0.1) is 5.10 Å². The molecular formula is C17H22N4O3. The van der Waals surface area contributed by atoms with Gasteiger partial charge in [0.25, 0.3) is 5.89 Å². The van der Waals surface area contributed by atoms with E-state index < -0.39 is 5.76 Å². The van der Waals surface area contributed by atoms with Gasteiger partial charge < -0.3 is 9.32 Å². The Morgan fingerprint density at radius 1 is 1.42 bits per heavy atom. The topological polar surface area (TPSA) is 81.2 Å². The highest BCUT2D eigenvalue weighted by Crippen LogP contribution is 2.27. The summed E-state index contributed by atoms with van der Waals surface area (Å²) in [6, 6.07) is 3.71. The minimum atomic E-state index is -0.632. The number of rotatable bonds is 4. The van der Waals surface area contributed by atoms with E-state index in [-0.39, 0.29) is 24.4 Å². The van der Waals surface area contributed by atoms with Crippen LogP contribution in [0.4, 0.5) is 0 Å². The van der Waals surface area contributed by atoms with Gasteiger partial charge in [0.15, 0.2) is 0 Å². The van der Waals surface area contributed by atoms with Crippen LogP contribution in [0.5, 0.6) is 0 Å². The predicted octanol–water partition coefficient (Wildman–Crippen LogP) is 1.94. The quantitative estimate of drug-likeness (QED) is 0.855. The normalized spacial score (nSPS) is 20.8. The Kier molecular flexibility index (Phi) is 4.78. The second-order valence-corrected chi connectivity index (χ2v) is 6.41. The van der Waals surface area contributed by atoms with Crippen molar-refractivity contribution in [2.45, 2.75) is 45.2 Å². The summed E-state index contributed by atoms with van der Waals surface area (Å²) in [5.41, 5.74) is 0.607. The van der Waals surface area contributed by atoms with Crippen molar-refractivity contribution < 1.29 is 9.21 Å². The lowest BCUT2D eigenvalue weighted by Crippen LogP contribution is -2.44. The van der Waals surface area contributed by atoms with Crippen LogP contribution in [0.2, 0.25) is 0 Å². The van der Waals surface area contributed by atoms with Crippen LogP contribution >= 0.6 is 0 Å². The molecule has 2 unspecified atom stereocenters. The number of likely N-dealkylation sites (N-methyl/N-ethyl adjacent to an activating group) is 1. The summed E-state index contributed by atoms with van der Waals surface area (Å²) in [6.07, 6.45) is 7.70. The fraction of sp³-hybridized carbons (Fsp3) is 0.529. The molecule has 1 aliphatic rings. The van der Waals surface area contributed by atoms with Crippen molar-refractivity contribution in [3.63, 3.8) is 0 Å². The second-order valence-electron chi connectivity index (χ2n) is 6.41. The molecule has 0 radical (unpaired) electrons. The third-order valence-electron chi connectivity index (χ3n) is 4.76. The molecule has 1 fully saturated rings. The van der Waals surface area contributed by atoms with Gasteiger partial charge in [0.05, 0.1) is 5.56 Å². The molecule has 7 heteroatoms. The highest BCUT2D eigenvalue weighted by molar-refractivity contribution is 5.76. The molecule has 1 aliphatic carbocycles. The smallest absolute Gasteiger partial charge is 0.388 e. The van der Waals surface area contributed by atoms with Crippen LogP contribution in [0, 0.1) is 5.92 Å². The maximum Gasteiger partial charge on any atom is 0.437 e. The maximum absolute atomic E-state index is 12.5. The fourth-order valence-corrected chi connectivity index (χ4v) is 3.31. The van der Waals surface area contributed by atoms with E-state index in [9.17, 15) is 9.59 Å². The maximum atomic E-state index is 12.5. The van der Waals surface area contributed by atoms with Crippen LogP contribution in [-0.2, 0) is 11.3 Å². The molecule has 24 heavy (non-hydrogen) atoms. The van der Waals surface area contributed by atoms with Crippen molar-refractivity contribution in [3.05, 3.63) is 35.1 Å². The third kappa shape index (κ3) is 3.39. The highest BCUT2D eigenvalue weighted by Gasteiger charge is 2.28. The van der Waals surface area contributed by atoms with Gasteiger partial charge in [-0.05, 0) is 30.9 Å². The highest BCUT2D eigenvalue weighted by atomic mass is 16.4. The van der Waals surface area contributed by atoms with Crippen LogP contribution in [0.25, 0.3) is 11.5 Å². The summed E-state index contributed by atoms with van der Waals surface area (Å²) >= 11 is 0. The summed E-state index contributed by atoms with van der Waals surface area (Å²) in [4.78, 5) is 30.2. The van der Waals surface area contributed by atoms with Crippen LogP contribution in [-0.4, -0.2) is 38.7 Å². The lowest BCUT2D eigenvalue weighted by atomic mass is 9.85. The van der Waals surface area contributed by atoms with E-state index in [4.69, 9.17) is 4.42 Å². The largest absolute Gasteiger partial charge is 0.437 e. The number of pyridine rings is 1. The first-order valence-corrected chi connectivity index (χ1v) is 8.30. The van der Waals surface area contributed by atoms with Gasteiger partial charge in [0.1, 0.15) is 6.54 Å². The Morgan fingerprint density at radius 2 is 2.21 bits per heavy atom. The Hall–Kier alpha value is -2.44. The first-order valence-electron chi connectivity index (χ1n) is 8.30. The van der Waals surface area contributed by atoms with Crippen molar-refractivity contribution in [2.24, 2.45) is 5.92 Å². The number of carbonyl (C=O) groups is 1. The second kappa shape index (κ2) is 6.98. The molecule has 0 spiro atoms. The summed E-state index contributed by atoms with van der Waals surface area (Å²) in [5.74, 6) is -0.101. The van der Waals surface area contributed by atoms with E-state index in [2.05, 4.69) is 17.0 Å². The number of carbonyl (C=O) groups excluding carboxylic acids is 1. The number of amides is 1. The van der Waals surface area contributed by atoms with E-state index >= 15 is 0 Å². The molecule has 2 atom stereocenters. The zero-order chi connectivity index (χ0) is 17.1. The Labute approximate surface area is 140 Å². The SMILES string of the molecule is CC1CCCCC1N(C)C(=O)Cn1nc(-c2cccnc2)oc1=O. The van der Waals surface area contributed by atoms with Gasteiger partial charge in [-0.3, -0.25) is 9.78 Å². The lowest BCUT2D eigenvalue weighted by Gasteiger charge is -2.36. The van der Waals surface area contributed by atoms with Crippen molar-refractivity contribution in [1.82, 2.24) is 19.7 Å². The van der Waals surface area contributed by atoms with Gasteiger partial charge >= 0.3 is 5.76 Å². The number of nitrogens with zero attached hydrogens (tertiary/aromatic N) is 4. The van der Waals surface area contributed by atoms with Crippen molar-refractivity contribution in [1.29, 1.82) is 0 Å². The van der Waals surface area contributed by atoms with E-state index in [1.165, 1.54) is 6.42 Å². The van der Waals surface area contributed by atoms with Crippen LogP contribution in [0.15, 0.2) is 33.7 Å². The van der Waals surface area contributed by atoms with Crippen molar-refractivity contribution >= 4 is 5.91 Å². The zero-order valence-corrected chi connectivity index (χ0v) is 14.0. The summed E-state index contributed by atoms with van der Waals surface area (Å²) < 4.78 is 6.21. The number of aromatic nitrogens is 3. The molecular weight excluding hydrogens is 308 g/mol. The Balaban J connectivity index is 1.73. The molecule has 3 rings (SSSR count). The molecule has 2 aromatic rings. The number of hydrogen-bond donors (Lipinski definition) is 0. The van der Waals surface area contributed by atoms with Gasteiger partial charge in [0, 0.05) is 25.5 Å². The summed E-state index contributed by atoms with van der Waals surface area (Å²) in [5, 5.41) is 4.12. The minimum absolute atomic E-state index is 0.109. The van der Waals surface area contributed by atoms with Crippen molar-refractivity contribution in [2.75, 3.05) is 7.05 Å². The van der Waals surface area contributed by atoms with Gasteiger partial charge in [0.2, 0.25) is 5.91 Å². The molecule has 0 bridgehead atoms. The molecule has 7 nitrogen and oxygen atoms in total. The summed E-state index contributed by atoms with van der Waals surface area (Å²) in [6.45, 7) is 2.07. The first-order chi connectivity index (χ1) is 11.6. The average Bonchev–Trinajstić information content (AvgIpc) is 2.96. The fourth-order valence-electron chi connectivity index (χ4n) is 3.31. The molecule has 1 saturated carbocycles. The van der Waals surface area contributed by atoms with Gasteiger partial charge in [-0.25, -0.2) is 4.79 Å². The molecule has 2 aromatic heterocycles. The monoisotopic (exact) mass is 330 g/mol. The molecule has 0 aliphatic heterocycles. The molecule has 2 heterocycles. The molecule has 0 saturated heterocycles. The molecule has 1 amide bonds. The minimum Gasteiger partial charge on any atom is -0.388 e. The first kappa shape index (κ1) is 16.4. The van der Waals surface area contributed by atoms with E-state index in [0.29, 0.717) is 11.5 Å². The number of hydrogen-bond acceptors (Lipinski definition) is 5. The van der Waals surface area contributed by atoms with Crippen LogP contribution in [0.1, 0.15) is 32.6 Å². The van der Waals surface area contributed by atoms with E-state index in [1.54, 1.807) is 29.4 Å². The Morgan fingerprint density at radius 3 is 2.92 bits per heavy atom. The predicted molar refractivity (Wildman–Crippen MR) is 88.2 cm³/mol.